The Morgan fingerprint density at radius 2 is 1.63 bits per heavy atom. The third-order valence-corrected chi connectivity index (χ3v) is 3.77. The maximum Gasteiger partial charge on any atom is 0.107 e. The highest BCUT2D eigenvalue weighted by atomic mass is 16.5. The van der Waals surface area contributed by atoms with E-state index in [9.17, 15) is 0 Å². The van der Waals surface area contributed by atoms with Gasteiger partial charge in [-0.1, -0.05) is 60.7 Å². The van der Waals surface area contributed by atoms with E-state index in [1.54, 1.807) is 0 Å². The molecule has 3 rings (SSSR count). The van der Waals surface area contributed by atoms with E-state index in [1.165, 1.54) is 11.1 Å². The molecule has 2 heteroatoms. The summed E-state index contributed by atoms with van der Waals surface area (Å²) in [5.74, 6) is 0. The van der Waals surface area contributed by atoms with E-state index in [4.69, 9.17) is 4.74 Å². The molecule has 1 saturated heterocycles. The van der Waals surface area contributed by atoms with Gasteiger partial charge < -0.3 is 10.1 Å². The highest BCUT2D eigenvalue weighted by Crippen LogP contribution is 2.32. The van der Waals surface area contributed by atoms with E-state index >= 15 is 0 Å². The Labute approximate surface area is 114 Å². The van der Waals surface area contributed by atoms with Crippen LogP contribution in [0.2, 0.25) is 0 Å². The third kappa shape index (κ3) is 2.70. The van der Waals surface area contributed by atoms with Crippen LogP contribution in [0.3, 0.4) is 0 Å². The van der Waals surface area contributed by atoms with Gasteiger partial charge in [-0.3, -0.25) is 0 Å². The van der Waals surface area contributed by atoms with Crippen molar-refractivity contribution in [3.8, 4) is 0 Å². The van der Waals surface area contributed by atoms with E-state index in [0.29, 0.717) is 6.61 Å². The van der Waals surface area contributed by atoms with Crippen LogP contribution >= 0.6 is 0 Å². The lowest BCUT2D eigenvalue weighted by Crippen LogP contribution is -2.32. The molecule has 2 aromatic carbocycles. The summed E-state index contributed by atoms with van der Waals surface area (Å²) in [6.07, 6.45) is 1.03. The maximum absolute atomic E-state index is 6.30. The number of benzene rings is 2. The molecule has 2 nitrogen and oxygen atoms in total. The molecule has 1 atom stereocenters. The van der Waals surface area contributed by atoms with Gasteiger partial charge in [-0.15, -0.1) is 0 Å². The maximum atomic E-state index is 6.30. The summed E-state index contributed by atoms with van der Waals surface area (Å²) in [7, 11) is 0. The number of hydrogen-bond donors (Lipinski definition) is 1. The molecule has 19 heavy (non-hydrogen) atoms. The Morgan fingerprint density at radius 3 is 2.26 bits per heavy atom. The molecule has 0 radical (unpaired) electrons. The van der Waals surface area contributed by atoms with Gasteiger partial charge in [0.15, 0.2) is 0 Å². The first-order valence-electron chi connectivity index (χ1n) is 6.83. The summed E-state index contributed by atoms with van der Waals surface area (Å²) >= 11 is 0. The molecule has 2 aromatic rings. The van der Waals surface area contributed by atoms with Crippen LogP contribution in [0.25, 0.3) is 0 Å². The molecule has 0 spiro atoms. The monoisotopic (exact) mass is 253 g/mol. The van der Waals surface area contributed by atoms with E-state index in [1.807, 2.05) is 6.07 Å². The molecule has 1 aliphatic rings. The fraction of sp³-hybridized carbons (Fsp3) is 0.294. The molecule has 0 saturated carbocycles. The summed E-state index contributed by atoms with van der Waals surface area (Å²) in [5, 5.41) is 3.42. The SMILES string of the molecule is c1ccc(COC2(c3ccccc3)CCNC2)cc1. The fourth-order valence-electron chi connectivity index (χ4n) is 2.66. The van der Waals surface area contributed by atoms with Gasteiger partial charge in [0, 0.05) is 6.54 Å². The Hall–Kier alpha value is -1.64. The van der Waals surface area contributed by atoms with Crippen molar-refractivity contribution in [2.45, 2.75) is 18.6 Å². The van der Waals surface area contributed by atoms with Crippen LogP contribution in [0.1, 0.15) is 17.5 Å². The van der Waals surface area contributed by atoms with Crippen molar-refractivity contribution in [3.05, 3.63) is 71.8 Å². The molecule has 98 valence electrons. The normalized spacial score (nSPS) is 22.5. The Bertz CT molecular complexity index is 503. The summed E-state index contributed by atoms with van der Waals surface area (Å²) in [6.45, 7) is 2.57. The van der Waals surface area contributed by atoms with Gasteiger partial charge in [0.1, 0.15) is 5.60 Å². The lowest BCUT2D eigenvalue weighted by molar-refractivity contribution is -0.0470. The van der Waals surface area contributed by atoms with Gasteiger partial charge in [0.25, 0.3) is 0 Å². The molecule has 0 aromatic heterocycles. The summed E-state index contributed by atoms with van der Waals surface area (Å²) in [4.78, 5) is 0. The van der Waals surface area contributed by atoms with Gasteiger partial charge in [0.2, 0.25) is 0 Å². The highest BCUT2D eigenvalue weighted by molar-refractivity contribution is 5.25. The quantitative estimate of drug-likeness (QED) is 0.904. The number of rotatable bonds is 4. The second-order valence-electron chi connectivity index (χ2n) is 5.06. The Kier molecular flexibility index (Phi) is 3.62. The van der Waals surface area contributed by atoms with Crippen LogP contribution in [0.15, 0.2) is 60.7 Å². The van der Waals surface area contributed by atoms with Gasteiger partial charge in [-0.25, -0.2) is 0 Å². The first kappa shape index (κ1) is 12.4. The topological polar surface area (TPSA) is 21.3 Å². The predicted octanol–water partition coefficient (Wildman–Crippen LogP) is 3.09. The van der Waals surface area contributed by atoms with Crippen molar-refractivity contribution >= 4 is 0 Å². The number of nitrogens with one attached hydrogen (secondary N) is 1. The molecule has 1 fully saturated rings. The molecule has 1 heterocycles. The predicted molar refractivity (Wildman–Crippen MR) is 76.8 cm³/mol. The van der Waals surface area contributed by atoms with Gasteiger partial charge in [0.05, 0.1) is 6.61 Å². The van der Waals surface area contributed by atoms with Crippen LogP contribution in [-0.2, 0) is 16.9 Å². The van der Waals surface area contributed by atoms with Crippen LogP contribution in [-0.4, -0.2) is 13.1 Å². The molecule has 1 N–H and O–H groups in total. The Balaban J connectivity index is 1.78. The lowest BCUT2D eigenvalue weighted by Gasteiger charge is -2.29. The van der Waals surface area contributed by atoms with E-state index < -0.39 is 0 Å². The van der Waals surface area contributed by atoms with Gasteiger partial charge >= 0.3 is 0 Å². The van der Waals surface area contributed by atoms with Gasteiger partial charge in [-0.2, -0.15) is 0 Å². The van der Waals surface area contributed by atoms with Crippen LogP contribution in [0.4, 0.5) is 0 Å². The van der Waals surface area contributed by atoms with Crippen molar-refractivity contribution in [1.82, 2.24) is 5.32 Å². The highest BCUT2D eigenvalue weighted by Gasteiger charge is 2.36. The van der Waals surface area contributed by atoms with Crippen molar-refractivity contribution in [2.24, 2.45) is 0 Å². The minimum Gasteiger partial charge on any atom is -0.364 e. The van der Waals surface area contributed by atoms with Crippen molar-refractivity contribution in [2.75, 3.05) is 13.1 Å². The average Bonchev–Trinajstić information content (AvgIpc) is 2.97. The van der Waals surface area contributed by atoms with Crippen LogP contribution < -0.4 is 5.32 Å². The standard InChI is InChI=1S/C17H19NO/c1-3-7-15(8-4-1)13-19-17(11-12-18-14-17)16-9-5-2-6-10-16/h1-10,18H,11-14H2. The van der Waals surface area contributed by atoms with Gasteiger partial charge in [-0.05, 0) is 24.1 Å². The van der Waals surface area contributed by atoms with E-state index in [-0.39, 0.29) is 5.60 Å². The molecule has 0 aliphatic carbocycles. The molecule has 0 bridgehead atoms. The van der Waals surface area contributed by atoms with Crippen LogP contribution in [0.5, 0.6) is 0 Å². The zero-order valence-corrected chi connectivity index (χ0v) is 11.0. The summed E-state index contributed by atoms with van der Waals surface area (Å²) in [5.41, 5.74) is 2.33. The minimum atomic E-state index is -0.170. The molecule has 1 aliphatic heterocycles. The molecular weight excluding hydrogens is 234 g/mol. The minimum absolute atomic E-state index is 0.170. The lowest BCUT2D eigenvalue weighted by atomic mass is 9.92. The van der Waals surface area contributed by atoms with E-state index in [2.05, 4.69) is 59.9 Å². The zero-order chi connectivity index (χ0) is 13.0. The largest absolute Gasteiger partial charge is 0.364 e. The molecule has 1 unspecified atom stereocenters. The van der Waals surface area contributed by atoms with Crippen LogP contribution in [0, 0.1) is 0 Å². The second kappa shape index (κ2) is 5.55. The third-order valence-electron chi connectivity index (χ3n) is 3.77. The number of hydrogen-bond acceptors (Lipinski definition) is 2. The van der Waals surface area contributed by atoms with Crippen molar-refractivity contribution in [3.63, 3.8) is 0 Å². The zero-order valence-electron chi connectivity index (χ0n) is 11.0. The summed E-state index contributed by atoms with van der Waals surface area (Å²) < 4.78 is 6.30. The number of ether oxygens (including phenoxy) is 1. The molecule has 0 amide bonds. The fourth-order valence-corrected chi connectivity index (χ4v) is 2.66. The average molecular weight is 253 g/mol. The van der Waals surface area contributed by atoms with Crippen molar-refractivity contribution < 1.29 is 4.74 Å². The summed E-state index contributed by atoms with van der Waals surface area (Å²) in [6, 6.07) is 20.9. The second-order valence-corrected chi connectivity index (χ2v) is 5.06. The Morgan fingerprint density at radius 1 is 0.947 bits per heavy atom. The first-order valence-corrected chi connectivity index (χ1v) is 6.83. The van der Waals surface area contributed by atoms with E-state index in [0.717, 1.165) is 19.5 Å². The van der Waals surface area contributed by atoms with Crippen molar-refractivity contribution in [1.29, 1.82) is 0 Å². The first-order chi connectivity index (χ1) is 9.39. The molecular formula is C17H19NO. The smallest absolute Gasteiger partial charge is 0.107 e.